The molecule has 2 aliphatic heterocycles. The minimum atomic E-state index is 0.105. The number of benzene rings is 1. The summed E-state index contributed by atoms with van der Waals surface area (Å²) < 4.78 is 7.42. The number of carbonyl (C=O) groups is 1. The zero-order valence-corrected chi connectivity index (χ0v) is 18.4. The molecule has 0 saturated carbocycles. The first-order chi connectivity index (χ1) is 15.8. The van der Waals surface area contributed by atoms with Crippen LogP contribution in [0.2, 0.25) is 0 Å². The Labute approximate surface area is 189 Å². The summed E-state index contributed by atoms with van der Waals surface area (Å²) in [5.41, 5.74) is 4.10. The third-order valence-corrected chi connectivity index (χ3v) is 6.50. The molecule has 4 heterocycles. The molecule has 1 aromatic carbocycles. The van der Waals surface area contributed by atoms with Gasteiger partial charge < -0.3 is 24.3 Å². The summed E-state index contributed by atoms with van der Waals surface area (Å²) in [4.78, 5) is 21.6. The van der Waals surface area contributed by atoms with Crippen molar-refractivity contribution in [3.05, 3.63) is 66.1 Å². The molecule has 2 fully saturated rings. The number of nitrogens with zero attached hydrogens (tertiary/aromatic N) is 4. The number of aromatic nitrogens is 2. The topological polar surface area (TPSA) is 62.1 Å². The van der Waals surface area contributed by atoms with E-state index in [0.717, 1.165) is 55.8 Å². The van der Waals surface area contributed by atoms with E-state index in [1.807, 2.05) is 41.4 Å². The van der Waals surface area contributed by atoms with E-state index in [2.05, 4.69) is 37.9 Å². The molecular formula is C25H31N5O2. The van der Waals surface area contributed by atoms with Crippen LogP contribution in [0.4, 0.5) is 5.69 Å². The molecule has 2 aromatic heterocycles. The number of hydrogen-bond donors (Lipinski definition) is 1. The van der Waals surface area contributed by atoms with Crippen LogP contribution in [0.1, 0.15) is 28.9 Å². The van der Waals surface area contributed by atoms with Crippen LogP contribution in [0.25, 0.3) is 5.65 Å². The molecular weight excluding hydrogens is 402 g/mol. The fourth-order valence-electron chi connectivity index (χ4n) is 4.62. The predicted octanol–water partition coefficient (Wildman–Crippen LogP) is 2.61. The number of ether oxygens (including phenoxy) is 1. The van der Waals surface area contributed by atoms with E-state index in [9.17, 15) is 4.79 Å². The third kappa shape index (κ3) is 4.79. The molecule has 0 radical (unpaired) electrons. The quantitative estimate of drug-likeness (QED) is 0.648. The van der Waals surface area contributed by atoms with E-state index in [1.54, 1.807) is 0 Å². The lowest BCUT2D eigenvalue weighted by Gasteiger charge is -2.34. The van der Waals surface area contributed by atoms with Crippen LogP contribution in [0.15, 0.2) is 54.9 Å². The van der Waals surface area contributed by atoms with Gasteiger partial charge in [-0.05, 0) is 49.2 Å². The van der Waals surface area contributed by atoms with Gasteiger partial charge in [-0.3, -0.25) is 4.79 Å². The highest BCUT2D eigenvalue weighted by molar-refractivity contribution is 5.94. The molecule has 1 N–H and O–H groups in total. The monoisotopic (exact) mass is 433 g/mol. The fourth-order valence-corrected chi connectivity index (χ4v) is 4.62. The van der Waals surface area contributed by atoms with Gasteiger partial charge in [-0.25, -0.2) is 4.98 Å². The number of carbonyl (C=O) groups excluding carboxylic acids is 1. The SMILES string of the molecule is O=C(c1ccc(N2CCC(NCCc3cn4ccccc4n3)CC2)cc1)N1CCOCC1. The molecule has 2 saturated heterocycles. The molecule has 0 aliphatic carbocycles. The second-order valence-corrected chi connectivity index (χ2v) is 8.62. The molecule has 7 heteroatoms. The van der Waals surface area contributed by atoms with E-state index in [4.69, 9.17) is 4.74 Å². The van der Waals surface area contributed by atoms with Crippen molar-refractivity contribution in [3.8, 4) is 0 Å². The highest BCUT2D eigenvalue weighted by Crippen LogP contribution is 2.21. The summed E-state index contributed by atoms with van der Waals surface area (Å²) in [5.74, 6) is 0.105. The molecule has 32 heavy (non-hydrogen) atoms. The van der Waals surface area contributed by atoms with Crippen molar-refractivity contribution in [2.45, 2.75) is 25.3 Å². The van der Waals surface area contributed by atoms with Crippen molar-refractivity contribution in [1.82, 2.24) is 19.6 Å². The number of morpholine rings is 1. The molecule has 0 bridgehead atoms. The van der Waals surface area contributed by atoms with E-state index < -0.39 is 0 Å². The van der Waals surface area contributed by atoms with Gasteiger partial charge in [0.05, 0.1) is 18.9 Å². The second kappa shape index (κ2) is 9.71. The first-order valence-corrected chi connectivity index (χ1v) is 11.6. The van der Waals surface area contributed by atoms with Crippen LogP contribution >= 0.6 is 0 Å². The van der Waals surface area contributed by atoms with E-state index >= 15 is 0 Å². The van der Waals surface area contributed by atoms with Gasteiger partial charge in [0, 0.05) is 68.8 Å². The molecule has 0 atom stereocenters. The zero-order valence-electron chi connectivity index (χ0n) is 18.4. The summed E-state index contributed by atoms with van der Waals surface area (Å²) in [6.45, 7) is 5.63. The minimum absolute atomic E-state index is 0.105. The normalized spacial score (nSPS) is 17.8. The number of imidazole rings is 1. The number of fused-ring (bicyclic) bond motifs is 1. The van der Waals surface area contributed by atoms with Crippen LogP contribution in [-0.2, 0) is 11.2 Å². The lowest BCUT2D eigenvalue weighted by atomic mass is 10.0. The maximum absolute atomic E-state index is 12.6. The van der Waals surface area contributed by atoms with Gasteiger partial charge in [0.2, 0.25) is 0 Å². The van der Waals surface area contributed by atoms with Crippen LogP contribution < -0.4 is 10.2 Å². The largest absolute Gasteiger partial charge is 0.378 e. The molecule has 5 rings (SSSR count). The third-order valence-electron chi connectivity index (χ3n) is 6.50. The number of hydrogen-bond acceptors (Lipinski definition) is 5. The molecule has 1 amide bonds. The molecule has 3 aromatic rings. The van der Waals surface area contributed by atoms with Crippen LogP contribution in [0, 0.1) is 0 Å². The summed E-state index contributed by atoms with van der Waals surface area (Å²) in [6.07, 6.45) is 7.35. The summed E-state index contributed by atoms with van der Waals surface area (Å²) in [6, 6.07) is 14.7. The predicted molar refractivity (Wildman–Crippen MR) is 125 cm³/mol. The first-order valence-electron chi connectivity index (χ1n) is 11.6. The summed E-state index contributed by atoms with van der Waals surface area (Å²) in [5, 5.41) is 3.71. The lowest BCUT2D eigenvalue weighted by molar-refractivity contribution is 0.0303. The van der Waals surface area contributed by atoms with Crippen LogP contribution in [-0.4, -0.2) is 72.2 Å². The Bertz CT molecular complexity index is 1000. The second-order valence-electron chi connectivity index (χ2n) is 8.62. The van der Waals surface area contributed by atoms with Crippen LogP contribution in [0.3, 0.4) is 0 Å². The number of pyridine rings is 1. The molecule has 0 spiro atoms. The maximum atomic E-state index is 12.6. The molecule has 168 valence electrons. The number of rotatable bonds is 6. The molecule has 2 aliphatic rings. The summed E-state index contributed by atoms with van der Waals surface area (Å²) in [7, 11) is 0. The van der Waals surface area contributed by atoms with Crippen molar-refractivity contribution in [2.24, 2.45) is 0 Å². The lowest BCUT2D eigenvalue weighted by Crippen LogP contribution is -2.43. The Hall–Kier alpha value is -2.90. The van der Waals surface area contributed by atoms with Gasteiger partial charge in [-0.15, -0.1) is 0 Å². The average molecular weight is 434 g/mol. The van der Waals surface area contributed by atoms with Gasteiger partial charge >= 0.3 is 0 Å². The van der Waals surface area contributed by atoms with Crippen molar-refractivity contribution in [3.63, 3.8) is 0 Å². The van der Waals surface area contributed by atoms with E-state index in [0.29, 0.717) is 32.3 Å². The smallest absolute Gasteiger partial charge is 0.254 e. The molecule has 7 nitrogen and oxygen atoms in total. The van der Waals surface area contributed by atoms with Gasteiger partial charge in [0.15, 0.2) is 0 Å². The molecule has 0 unspecified atom stereocenters. The standard InChI is InChI=1S/C25H31N5O2/c31-25(29-15-17-32-18-16-29)20-4-6-23(7-5-20)28-13-9-21(10-14-28)26-11-8-22-19-30-12-2-1-3-24(30)27-22/h1-7,12,19,21,26H,8-11,13-18H2. The minimum Gasteiger partial charge on any atom is -0.378 e. The van der Waals surface area contributed by atoms with Gasteiger partial charge in [-0.2, -0.15) is 0 Å². The maximum Gasteiger partial charge on any atom is 0.254 e. The number of piperidine rings is 1. The number of anilines is 1. The highest BCUT2D eigenvalue weighted by atomic mass is 16.5. The van der Waals surface area contributed by atoms with Gasteiger partial charge in [0.1, 0.15) is 5.65 Å². The van der Waals surface area contributed by atoms with Crippen molar-refractivity contribution in [1.29, 1.82) is 0 Å². The average Bonchev–Trinajstić information content (AvgIpc) is 3.28. The van der Waals surface area contributed by atoms with Crippen molar-refractivity contribution < 1.29 is 9.53 Å². The highest BCUT2D eigenvalue weighted by Gasteiger charge is 2.21. The Balaban J connectivity index is 1.07. The summed E-state index contributed by atoms with van der Waals surface area (Å²) >= 11 is 0. The Morgan fingerprint density at radius 3 is 2.56 bits per heavy atom. The van der Waals surface area contributed by atoms with Crippen molar-refractivity contribution in [2.75, 3.05) is 50.8 Å². The zero-order chi connectivity index (χ0) is 21.8. The Morgan fingerprint density at radius 2 is 1.81 bits per heavy atom. The fraction of sp³-hybridized carbons (Fsp3) is 0.440. The number of amides is 1. The van der Waals surface area contributed by atoms with Crippen molar-refractivity contribution >= 4 is 17.2 Å². The Morgan fingerprint density at radius 1 is 1.03 bits per heavy atom. The number of nitrogens with one attached hydrogen (secondary N) is 1. The van der Waals surface area contributed by atoms with E-state index in [-0.39, 0.29) is 5.91 Å². The van der Waals surface area contributed by atoms with Crippen LogP contribution in [0.5, 0.6) is 0 Å². The van der Waals surface area contributed by atoms with Gasteiger partial charge in [0.25, 0.3) is 5.91 Å². The Kier molecular flexibility index (Phi) is 6.36. The van der Waals surface area contributed by atoms with Gasteiger partial charge in [-0.1, -0.05) is 6.07 Å². The first kappa shape index (κ1) is 21.0. The van der Waals surface area contributed by atoms with E-state index in [1.165, 1.54) is 5.69 Å².